The Morgan fingerprint density at radius 1 is 1.28 bits per heavy atom. The second-order valence-corrected chi connectivity index (χ2v) is 5.58. The molecular weight excluding hydrogens is 244 g/mol. The van der Waals surface area contributed by atoms with Crippen LogP contribution >= 0.6 is 11.6 Å². The zero-order valence-electron chi connectivity index (χ0n) is 11.7. The highest BCUT2D eigenvalue weighted by molar-refractivity contribution is 6.31. The van der Waals surface area contributed by atoms with Crippen LogP contribution in [0, 0.1) is 12.8 Å². The van der Waals surface area contributed by atoms with Gasteiger partial charge in [0.25, 0.3) is 0 Å². The molecule has 102 valence electrons. The van der Waals surface area contributed by atoms with Gasteiger partial charge in [-0.05, 0) is 36.5 Å². The Labute approximate surface area is 116 Å². The summed E-state index contributed by atoms with van der Waals surface area (Å²) in [5.41, 5.74) is 2.03. The van der Waals surface area contributed by atoms with Gasteiger partial charge in [-0.2, -0.15) is 0 Å². The third kappa shape index (κ3) is 4.62. The first-order valence-corrected chi connectivity index (χ1v) is 7.40. The highest BCUT2D eigenvalue weighted by Crippen LogP contribution is 2.28. The molecule has 0 saturated heterocycles. The van der Waals surface area contributed by atoms with Crippen molar-refractivity contribution in [1.29, 1.82) is 0 Å². The average Bonchev–Trinajstić information content (AvgIpc) is 2.37. The molecule has 2 heteroatoms. The zero-order chi connectivity index (χ0) is 13.5. The van der Waals surface area contributed by atoms with Gasteiger partial charge >= 0.3 is 0 Å². The summed E-state index contributed by atoms with van der Waals surface area (Å²) in [7, 11) is 0. The van der Waals surface area contributed by atoms with Crippen LogP contribution in [0.5, 0.6) is 0 Å². The Hall–Kier alpha value is -0.530. The standard InChI is InChI=1S/C16H25ClO/c1-4-6-7-13(5-2)11-16(18)14-8-9-15(17)12(3)10-14/h8-10,13,16,18H,4-7,11H2,1-3H3. The van der Waals surface area contributed by atoms with Gasteiger partial charge in [-0.15, -0.1) is 0 Å². The van der Waals surface area contributed by atoms with Crippen LogP contribution < -0.4 is 0 Å². The lowest BCUT2D eigenvalue weighted by molar-refractivity contribution is 0.139. The molecule has 0 spiro atoms. The van der Waals surface area contributed by atoms with Crippen LogP contribution in [0.25, 0.3) is 0 Å². The fraction of sp³-hybridized carbons (Fsp3) is 0.625. The summed E-state index contributed by atoms with van der Waals surface area (Å²) in [5, 5.41) is 11.1. The van der Waals surface area contributed by atoms with Crippen molar-refractivity contribution in [1.82, 2.24) is 0 Å². The molecule has 0 aliphatic carbocycles. The van der Waals surface area contributed by atoms with Crippen molar-refractivity contribution in [2.24, 2.45) is 5.92 Å². The SMILES string of the molecule is CCCCC(CC)CC(O)c1ccc(Cl)c(C)c1. The second kappa shape index (κ2) is 7.81. The molecule has 0 bridgehead atoms. The van der Waals surface area contributed by atoms with Gasteiger partial charge in [-0.3, -0.25) is 0 Å². The number of unbranched alkanes of at least 4 members (excludes halogenated alkanes) is 1. The number of rotatable bonds is 7. The van der Waals surface area contributed by atoms with Crippen molar-refractivity contribution in [3.05, 3.63) is 34.3 Å². The molecule has 0 amide bonds. The van der Waals surface area contributed by atoms with Crippen molar-refractivity contribution >= 4 is 11.6 Å². The van der Waals surface area contributed by atoms with Crippen LogP contribution in [-0.2, 0) is 0 Å². The lowest BCUT2D eigenvalue weighted by atomic mass is 9.90. The van der Waals surface area contributed by atoms with Crippen LogP contribution in [0.4, 0.5) is 0 Å². The first-order valence-electron chi connectivity index (χ1n) is 7.02. The molecule has 0 aliphatic heterocycles. The van der Waals surface area contributed by atoms with E-state index in [4.69, 9.17) is 11.6 Å². The molecule has 0 aromatic heterocycles. The molecule has 0 radical (unpaired) electrons. The maximum absolute atomic E-state index is 10.3. The summed E-state index contributed by atoms with van der Waals surface area (Å²) >= 11 is 6.01. The van der Waals surface area contributed by atoms with Crippen molar-refractivity contribution in [3.63, 3.8) is 0 Å². The number of aliphatic hydroxyl groups is 1. The van der Waals surface area contributed by atoms with E-state index in [0.29, 0.717) is 5.92 Å². The molecule has 2 atom stereocenters. The molecule has 1 rings (SSSR count). The molecule has 1 N–H and O–H groups in total. The van der Waals surface area contributed by atoms with Gasteiger partial charge < -0.3 is 5.11 Å². The van der Waals surface area contributed by atoms with Gasteiger partial charge in [-0.25, -0.2) is 0 Å². The average molecular weight is 269 g/mol. The van der Waals surface area contributed by atoms with Crippen LogP contribution in [0.15, 0.2) is 18.2 Å². The van der Waals surface area contributed by atoms with E-state index >= 15 is 0 Å². The van der Waals surface area contributed by atoms with Crippen molar-refractivity contribution in [3.8, 4) is 0 Å². The molecule has 1 nitrogen and oxygen atoms in total. The number of benzene rings is 1. The summed E-state index contributed by atoms with van der Waals surface area (Å²) in [6.07, 6.45) is 5.35. The van der Waals surface area contributed by atoms with Gasteiger partial charge in [0.15, 0.2) is 0 Å². The van der Waals surface area contributed by atoms with E-state index in [0.717, 1.165) is 29.0 Å². The summed E-state index contributed by atoms with van der Waals surface area (Å²) in [5.74, 6) is 0.621. The third-order valence-corrected chi connectivity index (χ3v) is 4.09. The monoisotopic (exact) mass is 268 g/mol. The molecule has 0 saturated carbocycles. The predicted octanol–water partition coefficient (Wildman–Crippen LogP) is 5.29. The van der Waals surface area contributed by atoms with Crippen LogP contribution in [0.1, 0.15) is 63.2 Å². The zero-order valence-corrected chi connectivity index (χ0v) is 12.5. The maximum atomic E-state index is 10.3. The molecule has 1 aromatic carbocycles. The maximum Gasteiger partial charge on any atom is 0.0792 e. The Morgan fingerprint density at radius 2 is 2.00 bits per heavy atom. The Morgan fingerprint density at radius 3 is 2.56 bits per heavy atom. The summed E-state index contributed by atoms with van der Waals surface area (Å²) < 4.78 is 0. The molecule has 0 heterocycles. The first-order chi connectivity index (χ1) is 8.58. The fourth-order valence-electron chi connectivity index (χ4n) is 2.31. The van der Waals surface area contributed by atoms with Gasteiger partial charge in [-0.1, -0.05) is 63.3 Å². The van der Waals surface area contributed by atoms with E-state index in [1.54, 1.807) is 0 Å². The summed E-state index contributed by atoms with van der Waals surface area (Å²) in [4.78, 5) is 0. The predicted molar refractivity (Wildman–Crippen MR) is 79.1 cm³/mol. The second-order valence-electron chi connectivity index (χ2n) is 5.18. The topological polar surface area (TPSA) is 20.2 Å². The fourth-order valence-corrected chi connectivity index (χ4v) is 2.43. The van der Waals surface area contributed by atoms with Crippen LogP contribution in [0.3, 0.4) is 0 Å². The number of hydrogen-bond donors (Lipinski definition) is 1. The molecule has 18 heavy (non-hydrogen) atoms. The Kier molecular flexibility index (Phi) is 6.73. The molecule has 2 unspecified atom stereocenters. The van der Waals surface area contributed by atoms with Crippen LogP contribution in [0.2, 0.25) is 5.02 Å². The van der Waals surface area contributed by atoms with E-state index in [1.807, 2.05) is 25.1 Å². The Bertz CT molecular complexity index is 362. The minimum Gasteiger partial charge on any atom is -0.388 e. The van der Waals surface area contributed by atoms with E-state index in [9.17, 15) is 5.11 Å². The lowest BCUT2D eigenvalue weighted by Crippen LogP contribution is -2.07. The van der Waals surface area contributed by atoms with E-state index < -0.39 is 0 Å². The minimum absolute atomic E-state index is 0.359. The van der Waals surface area contributed by atoms with Gasteiger partial charge in [0.1, 0.15) is 0 Å². The molecule has 0 aliphatic rings. The number of halogens is 1. The number of hydrogen-bond acceptors (Lipinski definition) is 1. The van der Waals surface area contributed by atoms with Gasteiger partial charge in [0, 0.05) is 5.02 Å². The minimum atomic E-state index is -0.359. The lowest BCUT2D eigenvalue weighted by Gasteiger charge is -2.19. The normalized spacial score (nSPS) is 14.5. The van der Waals surface area contributed by atoms with E-state index in [1.165, 1.54) is 19.3 Å². The van der Waals surface area contributed by atoms with Gasteiger partial charge in [0.05, 0.1) is 6.10 Å². The van der Waals surface area contributed by atoms with Crippen molar-refractivity contribution in [2.45, 2.75) is 59.0 Å². The van der Waals surface area contributed by atoms with Crippen molar-refractivity contribution in [2.75, 3.05) is 0 Å². The third-order valence-electron chi connectivity index (χ3n) is 3.67. The van der Waals surface area contributed by atoms with Gasteiger partial charge in [0.2, 0.25) is 0 Å². The van der Waals surface area contributed by atoms with E-state index in [-0.39, 0.29) is 6.10 Å². The Balaban J connectivity index is 2.62. The summed E-state index contributed by atoms with van der Waals surface area (Å²) in [6.45, 7) is 6.40. The molecule has 0 fully saturated rings. The number of aliphatic hydroxyl groups excluding tert-OH is 1. The molecule has 1 aromatic rings. The highest BCUT2D eigenvalue weighted by Gasteiger charge is 2.15. The number of aryl methyl sites for hydroxylation is 1. The van der Waals surface area contributed by atoms with Crippen LogP contribution in [-0.4, -0.2) is 5.11 Å². The van der Waals surface area contributed by atoms with E-state index in [2.05, 4.69) is 13.8 Å². The summed E-state index contributed by atoms with van der Waals surface area (Å²) in [6, 6.07) is 5.81. The highest BCUT2D eigenvalue weighted by atomic mass is 35.5. The smallest absolute Gasteiger partial charge is 0.0792 e. The largest absolute Gasteiger partial charge is 0.388 e. The first kappa shape index (κ1) is 15.5. The quantitative estimate of drug-likeness (QED) is 0.712. The molecular formula is C16H25ClO. The van der Waals surface area contributed by atoms with Crippen molar-refractivity contribution < 1.29 is 5.11 Å².